The minimum absolute atomic E-state index is 0.0172. The lowest BCUT2D eigenvalue weighted by Crippen LogP contribution is -2.16. The first-order valence-corrected chi connectivity index (χ1v) is 5.74. The third-order valence-corrected chi connectivity index (χ3v) is 2.60. The van der Waals surface area contributed by atoms with E-state index in [-0.39, 0.29) is 28.8 Å². The zero-order chi connectivity index (χ0) is 15.4. The van der Waals surface area contributed by atoms with Crippen molar-refractivity contribution in [3.8, 4) is 11.6 Å². The standard InChI is InChI=1S/C12H11N5O4/c1-7-2-3-8(17(19)20)6-9(7)21-12-10(11(13)16-18)14-4-5-15-12/h2-6,18H,1H3,(H2,13,16). The number of nitro groups is 1. The van der Waals surface area contributed by atoms with Crippen LogP contribution in [0.1, 0.15) is 11.3 Å². The van der Waals surface area contributed by atoms with Gasteiger partial charge in [0, 0.05) is 18.5 Å². The Morgan fingerprint density at radius 2 is 2.14 bits per heavy atom. The summed E-state index contributed by atoms with van der Waals surface area (Å²) < 4.78 is 5.50. The van der Waals surface area contributed by atoms with Gasteiger partial charge in [0.05, 0.1) is 11.0 Å². The number of hydrogen-bond donors (Lipinski definition) is 2. The highest BCUT2D eigenvalue weighted by molar-refractivity contribution is 5.97. The van der Waals surface area contributed by atoms with Crippen LogP contribution in [-0.4, -0.2) is 25.9 Å². The molecule has 2 rings (SSSR count). The van der Waals surface area contributed by atoms with Gasteiger partial charge >= 0.3 is 0 Å². The van der Waals surface area contributed by atoms with Gasteiger partial charge in [0.2, 0.25) is 5.88 Å². The number of ether oxygens (including phenoxy) is 1. The van der Waals surface area contributed by atoms with Crippen molar-refractivity contribution in [1.29, 1.82) is 0 Å². The van der Waals surface area contributed by atoms with Crippen LogP contribution in [0.15, 0.2) is 35.7 Å². The lowest BCUT2D eigenvalue weighted by molar-refractivity contribution is -0.384. The molecule has 1 aromatic heterocycles. The Bertz CT molecular complexity index is 717. The molecule has 21 heavy (non-hydrogen) atoms. The fourth-order valence-electron chi connectivity index (χ4n) is 1.54. The third kappa shape index (κ3) is 3.03. The largest absolute Gasteiger partial charge is 0.436 e. The van der Waals surface area contributed by atoms with Crippen LogP contribution in [0.3, 0.4) is 0 Å². The van der Waals surface area contributed by atoms with E-state index in [1.54, 1.807) is 13.0 Å². The molecule has 0 saturated heterocycles. The molecule has 108 valence electrons. The predicted octanol–water partition coefficient (Wildman–Crippen LogP) is 1.58. The van der Waals surface area contributed by atoms with Gasteiger partial charge in [0.1, 0.15) is 5.75 Å². The number of oxime groups is 1. The van der Waals surface area contributed by atoms with Crippen molar-refractivity contribution in [2.24, 2.45) is 10.9 Å². The smallest absolute Gasteiger partial charge is 0.273 e. The van der Waals surface area contributed by atoms with Gasteiger partial charge < -0.3 is 15.7 Å². The Morgan fingerprint density at radius 3 is 2.81 bits per heavy atom. The number of nitrogens with zero attached hydrogens (tertiary/aromatic N) is 4. The predicted molar refractivity (Wildman–Crippen MR) is 72.5 cm³/mol. The number of amidine groups is 1. The molecule has 0 bridgehead atoms. The number of non-ortho nitro benzene ring substituents is 1. The second kappa shape index (κ2) is 5.82. The molecule has 0 aliphatic carbocycles. The molecule has 0 aliphatic heterocycles. The molecule has 0 amide bonds. The highest BCUT2D eigenvalue weighted by Crippen LogP contribution is 2.28. The zero-order valence-electron chi connectivity index (χ0n) is 10.9. The average Bonchev–Trinajstić information content (AvgIpc) is 2.49. The summed E-state index contributed by atoms with van der Waals surface area (Å²) in [6, 6.07) is 4.18. The van der Waals surface area contributed by atoms with Crippen molar-refractivity contribution in [3.05, 3.63) is 52.0 Å². The van der Waals surface area contributed by atoms with Crippen LogP contribution in [0.5, 0.6) is 11.6 Å². The lowest BCUT2D eigenvalue weighted by atomic mass is 10.2. The normalized spacial score (nSPS) is 11.2. The van der Waals surface area contributed by atoms with E-state index in [0.29, 0.717) is 5.56 Å². The van der Waals surface area contributed by atoms with Crippen molar-refractivity contribution >= 4 is 11.5 Å². The fourth-order valence-corrected chi connectivity index (χ4v) is 1.54. The maximum Gasteiger partial charge on any atom is 0.273 e. The fraction of sp³-hybridized carbons (Fsp3) is 0.0833. The molecular weight excluding hydrogens is 278 g/mol. The highest BCUT2D eigenvalue weighted by Gasteiger charge is 2.15. The van der Waals surface area contributed by atoms with Crippen LogP contribution in [0.25, 0.3) is 0 Å². The van der Waals surface area contributed by atoms with Gasteiger partial charge in [-0.15, -0.1) is 0 Å². The van der Waals surface area contributed by atoms with Gasteiger partial charge in [-0.3, -0.25) is 10.1 Å². The molecule has 0 aliphatic rings. The molecule has 0 saturated carbocycles. The van der Waals surface area contributed by atoms with E-state index >= 15 is 0 Å². The Morgan fingerprint density at radius 1 is 1.43 bits per heavy atom. The van der Waals surface area contributed by atoms with Crippen molar-refractivity contribution < 1.29 is 14.9 Å². The van der Waals surface area contributed by atoms with Crippen LogP contribution < -0.4 is 10.5 Å². The maximum atomic E-state index is 10.8. The molecule has 3 N–H and O–H groups in total. The van der Waals surface area contributed by atoms with Gasteiger partial charge in [-0.2, -0.15) is 0 Å². The number of benzene rings is 1. The summed E-state index contributed by atoms with van der Waals surface area (Å²) in [6.45, 7) is 1.72. The maximum absolute atomic E-state index is 10.8. The second-order valence-corrected chi connectivity index (χ2v) is 4.00. The van der Waals surface area contributed by atoms with E-state index in [4.69, 9.17) is 15.7 Å². The van der Waals surface area contributed by atoms with Gasteiger partial charge in [-0.25, -0.2) is 9.97 Å². The summed E-state index contributed by atoms with van der Waals surface area (Å²) in [5.41, 5.74) is 6.05. The molecule has 0 unspecified atom stereocenters. The van der Waals surface area contributed by atoms with Crippen molar-refractivity contribution in [1.82, 2.24) is 9.97 Å². The summed E-state index contributed by atoms with van der Waals surface area (Å²) in [6.07, 6.45) is 2.71. The van der Waals surface area contributed by atoms with Crippen LogP contribution >= 0.6 is 0 Å². The van der Waals surface area contributed by atoms with E-state index in [1.807, 2.05) is 0 Å². The average molecular weight is 289 g/mol. The number of aromatic nitrogens is 2. The van der Waals surface area contributed by atoms with Crippen molar-refractivity contribution in [2.75, 3.05) is 0 Å². The third-order valence-electron chi connectivity index (χ3n) is 2.60. The molecule has 0 fully saturated rings. The van der Waals surface area contributed by atoms with E-state index in [2.05, 4.69) is 15.1 Å². The minimum Gasteiger partial charge on any atom is -0.436 e. The van der Waals surface area contributed by atoms with Crippen LogP contribution in [-0.2, 0) is 0 Å². The number of hydrogen-bond acceptors (Lipinski definition) is 7. The zero-order valence-corrected chi connectivity index (χ0v) is 10.9. The number of rotatable bonds is 4. The van der Waals surface area contributed by atoms with Gasteiger partial charge in [0.15, 0.2) is 11.5 Å². The summed E-state index contributed by atoms with van der Waals surface area (Å²) >= 11 is 0. The van der Waals surface area contributed by atoms with Crippen LogP contribution in [0.4, 0.5) is 5.69 Å². The summed E-state index contributed by atoms with van der Waals surface area (Å²) in [4.78, 5) is 18.1. The first kappa shape index (κ1) is 14.2. The molecule has 2 aromatic rings. The molecule has 1 aromatic carbocycles. The van der Waals surface area contributed by atoms with Gasteiger partial charge in [0.25, 0.3) is 5.69 Å². The first-order chi connectivity index (χ1) is 10.0. The van der Waals surface area contributed by atoms with E-state index in [1.165, 1.54) is 24.5 Å². The minimum atomic E-state index is -0.534. The summed E-state index contributed by atoms with van der Waals surface area (Å²) in [5.74, 6) is -0.0609. The monoisotopic (exact) mass is 289 g/mol. The summed E-state index contributed by atoms with van der Waals surface area (Å²) in [7, 11) is 0. The van der Waals surface area contributed by atoms with Crippen molar-refractivity contribution in [2.45, 2.75) is 6.92 Å². The van der Waals surface area contributed by atoms with E-state index in [0.717, 1.165) is 0 Å². The SMILES string of the molecule is Cc1ccc([N+](=O)[O-])cc1Oc1nccnc1C(N)=NO. The number of aryl methyl sites for hydroxylation is 1. The lowest BCUT2D eigenvalue weighted by Gasteiger charge is -2.09. The Labute approximate surface area is 118 Å². The second-order valence-electron chi connectivity index (χ2n) is 4.00. The van der Waals surface area contributed by atoms with Gasteiger partial charge in [-0.05, 0) is 18.6 Å². The van der Waals surface area contributed by atoms with Gasteiger partial charge in [-0.1, -0.05) is 5.16 Å². The Balaban J connectivity index is 2.43. The molecule has 0 atom stereocenters. The quantitative estimate of drug-likeness (QED) is 0.286. The van der Waals surface area contributed by atoms with E-state index in [9.17, 15) is 10.1 Å². The van der Waals surface area contributed by atoms with Crippen molar-refractivity contribution in [3.63, 3.8) is 0 Å². The summed E-state index contributed by atoms with van der Waals surface area (Å²) in [5, 5.41) is 22.3. The number of nitrogens with two attached hydrogens (primary N) is 1. The molecule has 0 spiro atoms. The topological polar surface area (TPSA) is 137 Å². The molecular formula is C12H11N5O4. The molecule has 9 heteroatoms. The highest BCUT2D eigenvalue weighted by atomic mass is 16.6. The van der Waals surface area contributed by atoms with Crippen LogP contribution in [0, 0.1) is 17.0 Å². The first-order valence-electron chi connectivity index (χ1n) is 5.74. The number of nitro benzene ring substituents is 1. The Kier molecular flexibility index (Phi) is 3.93. The molecule has 9 nitrogen and oxygen atoms in total. The molecule has 0 radical (unpaired) electrons. The Hall–Kier alpha value is -3.23. The molecule has 1 heterocycles. The van der Waals surface area contributed by atoms with Crippen LogP contribution in [0.2, 0.25) is 0 Å². The van der Waals surface area contributed by atoms with E-state index < -0.39 is 4.92 Å².